The fourth-order valence-corrected chi connectivity index (χ4v) is 2.71. The third kappa shape index (κ3) is 9.78. The molecule has 0 heterocycles. The molecular weight excluding hydrogens is 376 g/mol. The molecule has 2 rings (SSSR count). The number of carbonyl (C=O) groups is 2. The van der Waals surface area contributed by atoms with Gasteiger partial charge in [-0.05, 0) is 50.7 Å². The summed E-state index contributed by atoms with van der Waals surface area (Å²) in [5.74, 6) is -0.567. The molecule has 0 spiro atoms. The number of aryl methyl sites for hydroxylation is 2. The zero-order chi connectivity index (χ0) is 21.6. The Hall–Kier alpha value is -3.28. The van der Waals surface area contributed by atoms with Crippen LogP contribution in [0.3, 0.4) is 0 Å². The predicted octanol–water partition coefficient (Wildman–Crippen LogP) is 4.02. The van der Waals surface area contributed by atoms with E-state index in [2.05, 4.69) is 45.3 Å². The van der Waals surface area contributed by atoms with Crippen molar-refractivity contribution < 1.29 is 9.59 Å². The summed E-state index contributed by atoms with van der Waals surface area (Å²) < 4.78 is 0. The Morgan fingerprint density at radius 1 is 0.633 bits per heavy atom. The second-order valence-corrected chi connectivity index (χ2v) is 7.24. The molecule has 6 heteroatoms. The van der Waals surface area contributed by atoms with E-state index in [-0.39, 0.29) is 24.7 Å². The van der Waals surface area contributed by atoms with E-state index < -0.39 is 0 Å². The van der Waals surface area contributed by atoms with Crippen LogP contribution in [0.5, 0.6) is 0 Å². The minimum Gasteiger partial charge on any atom is -0.273 e. The molecular formula is C24H30N4O2. The smallest absolute Gasteiger partial charge is 0.240 e. The largest absolute Gasteiger partial charge is 0.273 e. The van der Waals surface area contributed by atoms with Gasteiger partial charge >= 0.3 is 0 Å². The van der Waals surface area contributed by atoms with Crippen molar-refractivity contribution in [2.24, 2.45) is 10.2 Å². The van der Waals surface area contributed by atoms with Crippen LogP contribution < -0.4 is 10.9 Å². The van der Waals surface area contributed by atoms with E-state index in [0.29, 0.717) is 0 Å². The summed E-state index contributed by atoms with van der Waals surface area (Å²) in [6.07, 6.45) is 3.41. The van der Waals surface area contributed by atoms with Gasteiger partial charge in [-0.3, -0.25) is 9.59 Å². The standard InChI is InChI=1S/C24H30N4O2/c1-19(13-15-21-9-5-3-6-10-21)25-27-23(29)17-18-24(30)28-26-20(2)14-16-22-11-7-4-8-12-22/h3-12H,13-18H2,1-2H3,(H,27,29)(H,28,30). The number of amides is 2. The van der Waals surface area contributed by atoms with E-state index in [1.54, 1.807) is 0 Å². The lowest BCUT2D eigenvalue weighted by molar-refractivity contribution is -0.126. The maximum atomic E-state index is 11.9. The lowest BCUT2D eigenvalue weighted by Crippen LogP contribution is -2.24. The summed E-state index contributed by atoms with van der Waals surface area (Å²) in [7, 11) is 0. The number of carbonyl (C=O) groups excluding carboxylic acids is 2. The SMILES string of the molecule is CC(CCc1ccccc1)=NNC(=O)CCC(=O)NN=C(C)CCc1ccccc1. The molecule has 158 valence electrons. The average Bonchev–Trinajstić information content (AvgIpc) is 2.78. The fourth-order valence-electron chi connectivity index (χ4n) is 2.71. The van der Waals surface area contributed by atoms with Crippen molar-refractivity contribution >= 4 is 23.2 Å². The van der Waals surface area contributed by atoms with Gasteiger partial charge in [0.15, 0.2) is 0 Å². The summed E-state index contributed by atoms with van der Waals surface area (Å²) >= 11 is 0. The van der Waals surface area contributed by atoms with Crippen molar-refractivity contribution in [1.82, 2.24) is 10.9 Å². The third-order valence-corrected chi connectivity index (χ3v) is 4.56. The number of rotatable bonds is 11. The molecule has 2 N–H and O–H groups in total. The first-order chi connectivity index (χ1) is 14.5. The van der Waals surface area contributed by atoms with Gasteiger partial charge in [0.2, 0.25) is 11.8 Å². The van der Waals surface area contributed by atoms with Crippen LogP contribution in [0.25, 0.3) is 0 Å². The Morgan fingerprint density at radius 2 is 1.00 bits per heavy atom. The molecule has 30 heavy (non-hydrogen) atoms. The summed E-state index contributed by atoms with van der Waals surface area (Å²) in [6.45, 7) is 3.76. The van der Waals surface area contributed by atoms with Crippen LogP contribution in [-0.4, -0.2) is 23.2 Å². The normalized spacial score (nSPS) is 11.8. The highest BCUT2D eigenvalue weighted by atomic mass is 16.2. The Balaban J connectivity index is 1.61. The predicted molar refractivity (Wildman–Crippen MR) is 121 cm³/mol. The zero-order valence-corrected chi connectivity index (χ0v) is 17.7. The van der Waals surface area contributed by atoms with E-state index >= 15 is 0 Å². The molecule has 0 aliphatic rings. The van der Waals surface area contributed by atoms with Gasteiger partial charge in [-0.1, -0.05) is 60.7 Å². The Bertz CT molecular complexity index is 788. The molecule has 0 saturated heterocycles. The zero-order valence-electron chi connectivity index (χ0n) is 17.7. The second kappa shape index (κ2) is 13.0. The monoisotopic (exact) mass is 406 g/mol. The minimum atomic E-state index is -0.283. The number of benzene rings is 2. The maximum absolute atomic E-state index is 11.9. The Labute approximate surface area is 178 Å². The summed E-state index contributed by atoms with van der Waals surface area (Å²) in [4.78, 5) is 23.8. The third-order valence-electron chi connectivity index (χ3n) is 4.56. The van der Waals surface area contributed by atoms with Crippen molar-refractivity contribution in [1.29, 1.82) is 0 Å². The molecule has 0 fully saturated rings. The number of hydrogen-bond acceptors (Lipinski definition) is 4. The van der Waals surface area contributed by atoms with Gasteiger partial charge in [0.1, 0.15) is 0 Å². The number of hydrogen-bond donors (Lipinski definition) is 2. The van der Waals surface area contributed by atoms with Crippen LogP contribution in [0.15, 0.2) is 70.9 Å². The molecule has 0 aliphatic heterocycles. The van der Waals surface area contributed by atoms with Crippen LogP contribution in [0.2, 0.25) is 0 Å². The molecule has 0 saturated carbocycles. The lowest BCUT2D eigenvalue weighted by atomic mass is 10.1. The van der Waals surface area contributed by atoms with Crippen molar-refractivity contribution in [3.63, 3.8) is 0 Å². The van der Waals surface area contributed by atoms with Crippen LogP contribution in [0, 0.1) is 0 Å². The van der Waals surface area contributed by atoms with Gasteiger partial charge in [0, 0.05) is 24.3 Å². The van der Waals surface area contributed by atoms with Gasteiger partial charge in [-0.2, -0.15) is 10.2 Å². The van der Waals surface area contributed by atoms with Crippen LogP contribution >= 0.6 is 0 Å². The van der Waals surface area contributed by atoms with Gasteiger partial charge in [-0.25, -0.2) is 10.9 Å². The van der Waals surface area contributed by atoms with E-state index in [0.717, 1.165) is 37.1 Å². The molecule has 6 nitrogen and oxygen atoms in total. The first kappa shape index (κ1) is 23.0. The van der Waals surface area contributed by atoms with E-state index in [4.69, 9.17) is 0 Å². The van der Waals surface area contributed by atoms with Gasteiger partial charge in [-0.15, -0.1) is 0 Å². The first-order valence-electron chi connectivity index (χ1n) is 10.2. The topological polar surface area (TPSA) is 82.9 Å². The molecule has 2 aromatic carbocycles. The average molecular weight is 407 g/mol. The van der Waals surface area contributed by atoms with Gasteiger partial charge in [0.05, 0.1) is 0 Å². The molecule has 0 unspecified atom stereocenters. The summed E-state index contributed by atoms with van der Waals surface area (Å²) in [5.41, 5.74) is 9.17. The summed E-state index contributed by atoms with van der Waals surface area (Å²) in [6, 6.07) is 20.2. The Kier molecular flexibility index (Phi) is 10.00. The second-order valence-electron chi connectivity index (χ2n) is 7.24. The Morgan fingerprint density at radius 3 is 1.37 bits per heavy atom. The molecule has 0 atom stereocenters. The molecule has 0 aliphatic carbocycles. The highest BCUT2D eigenvalue weighted by molar-refractivity contribution is 5.87. The number of hydrazone groups is 2. The minimum absolute atomic E-state index is 0.0693. The van der Waals surface area contributed by atoms with Crippen molar-refractivity contribution in [3.05, 3.63) is 71.8 Å². The van der Waals surface area contributed by atoms with Crippen LogP contribution in [-0.2, 0) is 22.4 Å². The molecule has 0 aromatic heterocycles. The van der Waals surface area contributed by atoms with Crippen LogP contribution in [0.4, 0.5) is 0 Å². The van der Waals surface area contributed by atoms with E-state index in [9.17, 15) is 9.59 Å². The summed E-state index contributed by atoms with van der Waals surface area (Å²) in [5, 5.41) is 8.20. The quantitative estimate of drug-likeness (QED) is 0.436. The first-order valence-corrected chi connectivity index (χ1v) is 10.2. The van der Waals surface area contributed by atoms with Crippen LogP contribution in [0.1, 0.15) is 50.7 Å². The fraction of sp³-hybridized carbons (Fsp3) is 0.333. The van der Waals surface area contributed by atoms with Crippen molar-refractivity contribution in [2.45, 2.75) is 52.4 Å². The highest BCUT2D eigenvalue weighted by Crippen LogP contribution is 2.04. The number of nitrogens with one attached hydrogen (secondary N) is 2. The van der Waals surface area contributed by atoms with E-state index in [1.165, 1.54) is 11.1 Å². The van der Waals surface area contributed by atoms with Gasteiger partial charge in [0.25, 0.3) is 0 Å². The molecule has 2 amide bonds. The highest BCUT2D eigenvalue weighted by Gasteiger charge is 2.06. The number of nitrogens with zero attached hydrogens (tertiary/aromatic N) is 2. The van der Waals surface area contributed by atoms with Gasteiger partial charge < -0.3 is 0 Å². The van der Waals surface area contributed by atoms with E-state index in [1.807, 2.05) is 50.2 Å². The molecule has 0 radical (unpaired) electrons. The molecule has 0 bridgehead atoms. The molecule has 2 aromatic rings. The van der Waals surface area contributed by atoms with Crippen molar-refractivity contribution in [2.75, 3.05) is 0 Å². The van der Waals surface area contributed by atoms with Crippen molar-refractivity contribution in [3.8, 4) is 0 Å². The maximum Gasteiger partial charge on any atom is 0.240 e. The lowest BCUT2D eigenvalue weighted by Gasteiger charge is -2.04.